The van der Waals surface area contributed by atoms with Crippen LogP contribution in [0.5, 0.6) is 5.75 Å². The second-order valence-electron chi connectivity index (χ2n) is 3.50. The van der Waals surface area contributed by atoms with Gasteiger partial charge in [-0.05, 0) is 18.6 Å². The average Bonchev–Trinajstić information content (AvgIpc) is 2.78. The van der Waals surface area contributed by atoms with Crippen molar-refractivity contribution >= 4 is 16.5 Å². The summed E-state index contributed by atoms with van der Waals surface area (Å²) in [6.07, 6.45) is 0. The Morgan fingerprint density at radius 3 is 3.00 bits per heavy atom. The number of nitrogens with zero attached hydrogens (tertiary/aromatic N) is 2. The van der Waals surface area contributed by atoms with Crippen molar-refractivity contribution in [3.05, 3.63) is 35.3 Å². The molecule has 4 nitrogen and oxygen atoms in total. The Kier molecular flexibility index (Phi) is 3.53. The molecule has 1 heterocycles. The van der Waals surface area contributed by atoms with E-state index in [0.717, 1.165) is 10.7 Å². The standard InChI is InChI=1S/C11H12FN3OS/c1-7-3-4-8(5-9(7)12)16-6-10-11(13-2)17-15-14-10/h3-5,13H,6H2,1-2H3. The molecule has 0 saturated heterocycles. The summed E-state index contributed by atoms with van der Waals surface area (Å²) in [7, 11) is 1.80. The van der Waals surface area contributed by atoms with E-state index in [2.05, 4.69) is 14.9 Å². The Bertz CT molecular complexity index is 515. The molecule has 1 N–H and O–H groups in total. The molecule has 0 spiro atoms. The Hall–Kier alpha value is -1.69. The van der Waals surface area contributed by atoms with E-state index < -0.39 is 0 Å². The molecule has 0 aliphatic rings. The van der Waals surface area contributed by atoms with Gasteiger partial charge in [0.25, 0.3) is 0 Å². The van der Waals surface area contributed by atoms with Crippen molar-refractivity contribution in [2.75, 3.05) is 12.4 Å². The maximum absolute atomic E-state index is 13.3. The maximum Gasteiger partial charge on any atom is 0.136 e. The van der Waals surface area contributed by atoms with Gasteiger partial charge in [-0.1, -0.05) is 10.6 Å². The number of halogens is 1. The minimum absolute atomic E-state index is 0.271. The summed E-state index contributed by atoms with van der Waals surface area (Å²) in [5.74, 6) is 0.218. The highest BCUT2D eigenvalue weighted by Gasteiger charge is 2.07. The fourth-order valence-electron chi connectivity index (χ4n) is 1.31. The summed E-state index contributed by atoms with van der Waals surface area (Å²) in [4.78, 5) is 0. The molecule has 0 amide bonds. The van der Waals surface area contributed by atoms with Crippen LogP contribution < -0.4 is 10.1 Å². The van der Waals surface area contributed by atoms with Gasteiger partial charge in [0.15, 0.2) is 0 Å². The molecule has 0 atom stereocenters. The first-order valence-electron chi connectivity index (χ1n) is 5.08. The summed E-state index contributed by atoms with van der Waals surface area (Å²) in [6.45, 7) is 1.98. The summed E-state index contributed by atoms with van der Waals surface area (Å²) >= 11 is 1.26. The number of rotatable bonds is 4. The summed E-state index contributed by atoms with van der Waals surface area (Å²) < 4.78 is 22.5. The molecular weight excluding hydrogens is 241 g/mol. The van der Waals surface area contributed by atoms with E-state index in [1.807, 2.05) is 0 Å². The van der Waals surface area contributed by atoms with Gasteiger partial charge in [0.1, 0.15) is 28.9 Å². The first-order chi connectivity index (χ1) is 8.20. The van der Waals surface area contributed by atoms with E-state index in [1.54, 1.807) is 26.1 Å². The van der Waals surface area contributed by atoms with Gasteiger partial charge in [0.05, 0.1) is 0 Å². The first-order valence-corrected chi connectivity index (χ1v) is 5.86. The van der Waals surface area contributed by atoms with Gasteiger partial charge in [-0.2, -0.15) is 0 Å². The van der Waals surface area contributed by atoms with E-state index in [1.165, 1.54) is 17.6 Å². The van der Waals surface area contributed by atoms with Gasteiger partial charge >= 0.3 is 0 Å². The van der Waals surface area contributed by atoms with Crippen molar-refractivity contribution in [2.24, 2.45) is 0 Å². The number of aryl methyl sites for hydroxylation is 1. The predicted octanol–water partition coefficient (Wildman–Crippen LogP) is 2.61. The minimum Gasteiger partial charge on any atom is -0.487 e. The fourth-order valence-corrected chi connectivity index (χ4v) is 1.83. The number of hydrogen-bond donors (Lipinski definition) is 1. The van der Waals surface area contributed by atoms with Gasteiger partial charge in [0, 0.05) is 24.6 Å². The van der Waals surface area contributed by atoms with Gasteiger partial charge < -0.3 is 10.1 Å². The molecule has 0 fully saturated rings. The zero-order valence-corrected chi connectivity index (χ0v) is 10.3. The van der Waals surface area contributed by atoms with Gasteiger partial charge in [-0.3, -0.25) is 0 Å². The normalized spacial score (nSPS) is 10.3. The maximum atomic E-state index is 13.3. The van der Waals surface area contributed by atoms with Crippen LogP contribution in [0.2, 0.25) is 0 Å². The Morgan fingerprint density at radius 1 is 1.47 bits per heavy atom. The second kappa shape index (κ2) is 5.09. The Morgan fingerprint density at radius 2 is 2.29 bits per heavy atom. The zero-order chi connectivity index (χ0) is 12.3. The number of nitrogens with one attached hydrogen (secondary N) is 1. The number of benzene rings is 1. The second-order valence-corrected chi connectivity index (χ2v) is 4.25. The molecule has 0 aliphatic heterocycles. The Labute approximate surface area is 103 Å². The highest BCUT2D eigenvalue weighted by Crippen LogP contribution is 2.20. The van der Waals surface area contributed by atoms with Crippen LogP contribution in [0.3, 0.4) is 0 Å². The Balaban J connectivity index is 2.05. The van der Waals surface area contributed by atoms with Crippen molar-refractivity contribution < 1.29 is 9.13 Å². The minimum atomic E-state index is -0.271. The first kappa shape index (κ1) is 11.8. The van der Waals surface area contributed by atoms with Crippen molar-refractivity contribution in [3.8, 4) is 5.75 Å². The molecule has 2 rings (SSSR count). The molecule has 17 heavy (non-hydrogen) atoms. The average molecular weight is 253 g/mol. The third-order valence-electron chi connectivity index (χ3n) is 2.30. The fraction of sp³-hybridized carbons (Fsp3) is 0.273. The zero-order valence-electron chi connectivity index (χ0n) is 9.53. The van der Waals surface area contributed by atoms with Crippen LogP contribution in [0.1, 0.15) is 11.3 Å². The van der Waals surface area contributed by atoms with E-state index in [-0.39, 0.29) is 12.4 Å². The summed E-state index contributed by atoms with van der Waals surface area (Å²) in [6, 6.07) is 4.79. The molecule has 0 unspecified atom stereocenters. The van der Waals surface area contributed by atoms with Crippen molar-refractivity contribution in [1.29, 1.82) is 0 Å². The molecule has 0 saturated carbocycles. The number of hydrogen-bond acceptors (Lipinski definition) is 5. The molecule has 1 aromatic carbocycles. The lowest BCUT2D eigenvalue weighted by Gasteiger charge is -2.06. The molecule has 2 aromatic rings. The third-order valence-corrected chi connectivity index (χ3v) is 3.09. The van der Waals surface area contributed by atoms with Crippen LogP contribution in [0, 0.1) is 12.7 Å². The third kappa shape index (κ3) is 2.71. The lowest BCUT2D eigenvalue weighted by molar-refractivity contribution is 0.300. The number of ether oxygens (including phenoxy) is 1. The van der Waals surface area contributed by atoms with Crippen molar-refractivity contribution in [2.45, 2.75) is 13.5 Å². The summed E-state index contributed by atoms with van der Waals surface area (Å²) in [5.41, 5.74) is 1.32. The quantitative estimate of drug-likeness (QED) is 0.909. The lowest BCUT2D eigenvalue weighted by atomic mass is 10.2. The van der Waals surface area contributed by atoms with E-state index in [9.17, 15) is 4.39 Å². The molecule has 0 aliphatic carbocycles. The van der Waals surface area contributed by atoms with Crippen LogP contribution in [-0.2, 0) is 6.61 Å². The molecule has 6 heteroatoms. The topological polar surface area (TPSA) is 47.0 Å². The monoisotopic (exact) mass is 253 g/mol. The van der Waals surface area contributed by atoms with Crippen LogP contribution >= 0.6 is 11.5 Å². The van der Waals surface area contributed by atoms with Crippen LogP contribution in [0.4, 0.5) is 9.39 Å². The van der Waals surface area contributed by atoms with Crippen LogP contribution in [0.25, 0.3) is 0 Å². The van der Waals surface area contributed by atoms with Gasteiger partial charge in [0.2, 0.25) is 0 Å². The number of aromatic nitrogens is 2. The lowest BCUT2D eigenvalue weighted by Crippen LogP contribution is -2.00. The number of anilines is 1. The SMILES string of the molecule is CNc1snnc1COc1ccc(C)c(F)c1. The summed E-state index contributed by atoms with van der Waals surface area (Å²) in [5, 5.41) is 7.76. The van der Waals surface area contributed by atoms with Crippen LogP contribution in [-0.4, -0.2) is 16.6 Å². The largest absolute Gasteiger partial charge is 0.487 e. The molecule has 90 valence electrons. The van der Waals surface area contributed by atoms with Crippen molar-refractivity contribution in [1.82, 2.24) is 9.59 Å². The van der Waals surface area contributed by atoms with Gasteiger partial charge in [-0.25, -0.2) is 4.39 Å². The van der Waals surface area contributed by atoms with Crippen LogP contribution in [0.15, 0.2) is 18.2 Å². The molecule has 1 aromatic heterocycles. The molecule has 0 radical (unpaired) electrons. The highest BCUT2D eigenvalue weighted by molar-refractivity contribution is 7.10. The van der Waals surface area contributed by atoms with Crippen molar-refractivity contribution in [3.63, 3.8) is 0 Å². The molecular formula is C11H12FN3OS. The van der Waals surface area contributed by atoms with Gasteiger partial charge in [-0.15, -0.1) is 5.10 Å². The van der Waals surface area contributed by atoms with E-state index in [0.29, 0.717) is 11.3 Å². The predicted molar refractivity (Wildman–Crippen MR) is 64.9 cm³/mol. The smallest absolute Gasteiger partial charge is 0.136 e. The van der Waals surface area contributed by atoms with E-state index >= 15 is 0 Å². The highest BCUT2D eigenvalue weighted by atomic mass is 32.1. The molecule has 0 bridgehead atoms. The van der Waals surface area contributed by atoms with E-state index in [4.69, 9.17) is 4.74 Å².